The summed E-state index contributed by atoms with van der Waals surface area (Å²) < 4.78 is 16.4. The second kappa shape index (κ2) is 6.23. The van der Waals surface area contributed by atoms with Gasteiger partial charge in [0.1, 0.15) is 0 Å². The maximum atomic E-state index is 11.2. The molecule has 2 heterocycles. The van der Waals surface area contributed by atoms with Crippen LogP contribution in [0.1, 0.15) is 5.56 Å². The van der Waals surface area contributed by atoms with Gasteiger partial charge in [-0.2, -0.15) is 0 Å². The summed E-state index contributed by atoms with van der Waals surface area (Å²) in [6, 6.07) is 6.99. The number of H-pyrrole nitrogens is 1. The zero-order chi connectivity index (χ0) is 17.3. The third kappa shape index (κ3) is 2.56. The van der Waals surface area contributed by atoms with Crippen molar-refractivity contribution in [1.82, 2.24) is 9.97 Å². The van der Waals surface area contributed by atoms with E-state index in [0.717, 1.165) is 27.7 Å². The standard InChI is InChI=1S/C18H18N2O4/c1-10-7-12(11-5-6-15(21)19-9-11)20-13-8-14(22-2)17(23-3)18(24-4)16(10)13/h5-9H,1-4H3,(H,19,21). The lowest BCUT2D eigenvalue weighted by Gasteiger charge is -2.16. The van der Waals surface area contributed by atoms with Gasteiger partial charge in [0.2, 0.25) is 11.3 Å². The number of rotatable bonds is 4. The van der Waals surface area contributed by atoms with Gasteiger partial charge in [-0.3, -0.25) is 4.79 Å². The molecule has 24 heavy (non-hydrogen) atoms. The molecule has 0 fully saturated rings. The summed E-state index contributed by atoms with van der Waals surface area (Å²) in [5, 5.41) is 0.864. The van der Waals surface area contributed by atoms with Crippen molar-refractivity contribution < 1.29 is 14.2 Å². The van der Waals surface area contributed by atoms with Crippen molar-refractivity contribution in [1.29, 1.82) is 0 Å². The quantitative estimate of drug-likeness (QED) is 0.798. The largest absolute Gasteiger partial charge is 0.493 e. The molecule has 0 saturated heterocycles. The Hall–Kier alpha value is -3.02. The first-order valence-electron chi connectivity index (χ1n) is 7.38. The second-order valence-electron chi connectivity index (χ2n) is 5.31. The molecule has 6 heteroatoms. The SMILES string of the molecule is COc1cc2nc(-c3ccc(=O)[nH]c3)cc(C)c2c(OC)c1OC. The van der Waals surface area contributed by atoms with Crippen LogP contribution in [0.25, 0.3) is 22.2 Å². The molecule has 2 aromatic heterocycles. The molecular weight excluding hydrogens is 308 g/mol. The molecule has 0 unspecified atom stereocenters. The van der Waals surface area contributed by atoms with Crippen LogP contribution in [0.15, 0.2) is 35.3 Å². The van der Waals surface area contributed by atoms with E-state index in [0.29, 0.717) is 17.2 Å². The number of aromatic nitrogens is 2. The van der Waals surface area contributed by atoms with Crippen LogP contribution in [-0.2, 0) is 0 Å². The number of hydrogen-bond donors (Lipinski definition) is 1. The van der Waals surface area contributed by atoms with Gasteiger partial charge in [-0.15, -0.1) is 0 Å². The predicted octanol–water partition coefficient (Wildman–Crippen LogP) is 2.92. The number of benzene rings is 1. The Morgan fingerprint density at radius 3 is 2.33 bits per heavy atom. The molecule has 0 aliphatic carbocycles. The topological polar surface area (TPSA) is 73.4 Å². The average Bonchev–Trinajstić information content (AvgIpc) is 2.60. The van der Waals surface area contributed by atoms with Gasteiger partial charge in [-0.1, -0.05) is 0 Å². The van der Waals surface area contributed by atoms with Gasteiger partial charge < -0.3 is 19.2 Å². The fourth-order valence-electron chi connectivity index (χ4n) is 2.77. The molecule has 1 N–H and O–H groups in total. The van der Waals surface area contributed by atoms with E-state index in [1.54, 1.807) is 33.6 Å². The minimum atomic E-state index is -0.149. The zero-order valence-electron chi connectivity index (χ0n) is 14.0. The minimum absolute atomic E-state index is 0.149. The lowest BCUT2D eigenvalue weighted by Crippen LogP contribution is -2.02. The summed E-state index contributed by atoms with van der Waals surface area (Å²) in [5.41, 5.74) is 3.15. The molecule has 0 saturated carbocycles. The second-order valence-corrected chi connectivity index (χ2v) is 5.31. The molecule has 0 bridgehead atoms. The van der Waals surface area contributed by atoms with Crippen molar-refractivity contribution in [2.24, 2.45) is 0 Å². The maximum absolute atomic E-state index is 11.2. The van der Waals surface area contributed by atoms with Crippen molar-refractivity contribution in [3.63, 3.8) is 0 Å². The number of aromatic amines is 1. The number of aryl methyl sites for hydroxylation is 1. The van der Waals surface area contributed by atoms with Crippen molar-refractivity contribution in [2.75, 3.05) is 21.3 Å². The molecule has 0 amide bonds. The van der Waals surface area contributed by atoms with E-state index in [-0.39, 0.29) is 5.56 Å². The molecule has 6 nitrogen and oxygen atoms in total. The molecule has 1 aromatic carbocycles. The number of nitrogens with one attached hydrogen (secondary N) is 1. The van der Waals surface area contributed by atoms with Crippen molar-refractivity contribution in [2.45, 2.75) is 6.92 Å². The molecule has 3 aromatic rings. The highest BCUT2D eigenvalue weighted by molar-refractivity contribution is 5.94. The zero-order valence-corrected chi connectivity index (χ0v) is 14.0. The lowest BCUT2D eigenvalue weighted by molar-refractivity contribution is 0.327. The van der Waals surface area contributed by atoms with Crippen LogP contribution >= 0.6 is 0 Å². The Morgan fingerprint density at radius 1 is 1.00 bits per heavy atom. The van der Waals surface area contributed by atoms with Crippen molar-refractivity contribution >= 4 is 10.9 Å². The third-order valence-corrected chi connectivity index (χ3v) is 3.88. The highest BCUT2D eigenvalue weighted by Gasteiger charge is 2.19. The highest BCUT2D eigenvalue weighted by Crippen LogP contribution is 2.44. The van der Waals surface area contributed by atoms with Gasteiger partial charge in [-0.05, 0) is 24.6 Å². The summed E-state index contributed by atoms with van der Waals surface area (Å²) in [5.74, 6) is 1.67. The molecule has 0 radical (unpaired) electrons. The van der Waals surface area contributed by atoms with E-state index >= 15 is 0 Å². The van der Waals surface area contributed by atoms with Gasteiger partial charge in [0.15, 0.2) is 11.5 Å². The van der Waals surface area contributed by atoms with E-state index < -0.39 is 0 Å². The van der Waals surface area contributed by atoms with Gasteiger partial charge >= 0.3 is 0 Å². The number of fused-ring (bicyclic) bond motifs is 1. The first-order chi connectivity index (χ1) is 11.6. The van der Waals surface area contributed by atoms with Crippen LogP contribution in [0.3, 0.4) is 0 Å². The van der Waals surface area contributed by atoms with Crippen LogP contribution in [0.4, 0.5) is 0 Å². The van der Waals surface area contributed by atoms with Crippen LogP contribution in [-0.4, -0.2) is 31.3 Å². The van der Waals surface area contributed by atoms with Crippen LogP contribution in [0, 0.1) is 6.92 Å². The van der Waals surface area contributed by atoms with E-state index in [1.165, 1.54) is 6.07 Å². The number of hydrogen-bond acceptors (Lipinski definition) is 5. The molecule has 0 aliphatic heterocycles. The van der Waals surface area contributed by atoms with Crippen LogP contribution < -0.4 is 19.8 Å². The fourth-order valence-corrected chi connectivity index (χ4v) is 2.77. The van der Waals surface area contributed by atoms with Crippen molar-refractivity contribution in [3.8, 4) is 28.5 Å². The molecular formula is C18H18N2O4. The van der Waals surface area contributed by atoms with E-state index in [4.69, 9.17) is 19.2 Å². The van der Waals surface area contributed by atoms with E-state index in [1.807, 2.05) is 19.1 Å². The lowest BCUT2D eigenvalue weighted by atomic mass is 10.0. The Kier molecular flexibility index (Phi) is 4.12. The van der Waals surface area contributed by atoms with Gasteiger partial charge in [0, 0.05) is 29.3 Å². The summed E-state index contributed by atoms with van der Waals surface area (Å²) >= 11 is 0. The first kappa shape index (κ1) is 15.9. The minimum Gasteiger partial charge on any atom is -0.493 e. The Balaban J connectivity index is 2.32. The third-order valence-electron chi connectivity index (χ3n) is 3.88. The number of nitrogens with zero attached hydrogens (tertiary/aromatic N) is 1. The molecule has 3 rings (SSSR count). The monoisotopic (exact) mass is 326 g/mol. The first-order valence-corrected chi connectivity index (χ1v) is 7.38. The van der Waals surface area contributed by atoms with Crippen LogP contribution in [0.2, 0.25) is 0 Å². The highest BCUT2D eigenvalue weighted by atomic mass is 16.5. The Morgan fingerprint density at radius 2 is 1.75 bits per heavy atom. The predicted molar refractivity (Wildman–Crippen MR) is 92.2 cm³/mol. The Bertz CT molecular complexity index is 943. The molecule has 0 atom stereocenters. The average molecular weight is 326 g/mol. The summed E-state index contributed by atoms with van der Waals surface area (Å²) in [6.45, 7) is 1.98. The van der Waals surface area contributed by atoms with Crippen molar-refractivity contribution in [3.05, 3.63) is 46.4 Å². The number of pyridine rings is 2. The normalized spacial score (nSPS) is 10.7. The fraction of sp³-hybridized carbons (Fsp3) is 0.222. The van der Waals surface area contributed by atoms with E-state index in [2.05, 4.69) is 4.98 Å². The summed E-state index contributed by atoms with van der Waals surface area (Å²) in [4.78, 5) is 18.6. The Labute approximate surface area is 139 Å². The maximum Gasteiger partial charge on any atom is 0.247 e. The van der Waals surface area contributed by atoms with E-state index in [9.17, 15) is 4.79 Å². The van der Waals surface area contributed by atoms with Gasteiger partial charge in [0.05, 0.1) is 32.5 Å². The summed E-state index contributed by atoms with van der Waals surface area (Å²) in [6.07, 6.45) is 1.65. The number of ether oxygens (including phenoxy) is 3. The van der Waals surface area contributed by atoms with Gasteiger partial charge in [0.25, 0.3) is 0 Å². The van der Waals surface area contributed by atoms with Crippen LogP contribution in [0.5, 0.6) is 17.2 Å². The van der Waals surface area contributed by atoms with Gasteiger partial charge in [-0.25, -0.2) is 4.98 Å². The molecule has 0 aliphatic rings. The molecule has 0 spiro atoms. The smallest absolute Gasteiger partial charge is 0.247 e. The molecule has 124 valence electrons. The summed E-state index contributed by atoms with van der Waals surface area (Å²) in [7, 11) is 4.73. The number of methoxy groups -OCH3 is 3.